The van der Waals surface area contributed by atoms with Crippen LogP contribution in [0.2, 0.25) is 0 Å². The zero-order valence-electron chi connectivity index (χ0n) is 14.3. The van der Waals surface area contributed by atoms with E-state index in [4.69, 9.17) is 9.47 Å². The lowest BCUT2D eigenvalue weighted by Crippen LogP contribution is -2.20. The number of halogens is 3. The highest BCUT2D eigenvalue weighted by atomic mass is 32.1. The summed E-state index contributed by atoms with van der Waals surface area (Å²) in [4.78, 5) is 26.1. The van der Waals surface area contributed by atoms with Gasteiger partial charge in [-0.05, 0) is 31.2 Å². The van der Waals surface area contributed by atoms with E-state index in [2.05, 4.69) is 15.0 Å². The lowest BCUT2D eigenvalue weighted by Gasteiger charge is -2.06. The molecule has 7 nitrogen and oxygen atoms in total. The molecule has 11 heteroatoms. The Bertz CT molecular complexity index is 805. The first-order valence-corrected chi connectivity index (χ1v) is 8.38. The van der Waals surface area contributed by atoms with E-state index in [0.717, 1.165) is 0 Å². The highest BCUT2D eigenvalue weighted by Gasteiger charge is 2.40. The number of anilines is 1. The smallest absolute Gasteiger partial charge is 0.435 e. The maximum Gasteiger partial charge on any atom is 0.435 e. The summed E-state index contributed by atoms with van der Waals surface area (Å²) < 4.78 is 53.9. The molecule has 0 radical (unpaired) electrons. The summed E-state index contributed by atoms with van der Waals surface area (Å²) in [5, 5.41) is 1.79. The molecule has 1 amide bonds. The molecule has 1 aromatic carbocycles. The van der Waals surface area contributed by atoms with Crippen LogP contribution in [0.5, 0.6) is 11.5 Å². The van der Waals surface area contributed by atoms with Crippen LogP contribution in [-0.4, -0.2) is 37.2 Å². The number of benzene rings is 1. The van der Waals surface area contributed by atoms with Crippen molar-refractivity contribution in [2.24, 2.45) is 0 Å². The van der Waals surface area contributed by atoms with Crippen LogP contribution in [0.4, 0.5) is 18.3 Å². The van der Waals surface area contributed by atoms with Gasteiger partial charge in [0.05, 0.1) is 13.7 Å². The van der Waals surface area contributed by atoms with E-state index >= 15 is 0 Å². The molecule has 0 saturated heterocycles. The number of nitrogens with zero attached hydrogens (tertiary/aromatic N) is 1. The Morgan fingerprint density at radius 2 is 1.81 bits per heavy atom. The SMILES string of the molecule is CCOC(=O)c1sc(NC(=O)COc2ccc(OC)cc2)nc1C(F)(F)F. The van der Waals surface area contributed by atoms with Gasteiger partial charge in [0.15, 0.2) is 17.4 Å². The molecule has 146 valence electrons. The number of ether oxygens (including phenoxy) is 3. The Morgan fingerprint density at radius 1 is 1.19 bits per heavy atom. The number of rotatable bonds is 7. The van der Waals surface area contributed by atoms with Gasteiger partial charge in [-0.3, -0.25) is 10.1 Å². The van der Waals surface area contributed by atoms with Gasteiger partial charge >= 0.3 is 12.1 Å². The molecule has 0 atom stereocenters. The summed E-state index contributed by atoms with van der Waals surface area (Å²) in [7, 11) is 1.50. The third-order valence-electron chi connectivity index (χ3n) is 3.03. The van der Waals surface area contributed by atoms with E-state index in [1.807, 2.05) is 0 Å². The normalized spacial score (nSPS) is 11.0. The number of nitrogens with one attached hydrogen (secondary N) is 1. The van der Waals surface area contributed by atoms with Crippen LogP contribution < -0.4 is 14.8 Å². The predicted molar refractivity (Wildman–Crippen MR) is 90.2 cm³/mol. The fourth-order valence-electron chi connectivity index (χ4n) is 1.88. The lowest BCUT2D eigenvalue weighted by atomic mass is 10.3. The van der Waals surface area contributed by atoms with E-state index in [0.29, 0.717) is 22.8 Å². The molecule has 0 aliphatic rings. The number of carbonyl (C=O) groups is 2. The molecular formula is C16H15F3N2O5S. The fourth-order valence-corrected chi connectivity index (χ4v) is 2.77. The lowest BCUT2D eigenvalue weighted by molar-refractivity contribution is -0.141. The number of thiazole rings is 1. The van der Waals surface area contributed by atoms with Gasteiger partial charge in [-0.2, -0.15) is 13.2 Å². The van der Waals surface area contributed by atoms with Gasteiger partial charge in [-0.15, -0.1) is 0 Å². The Balaban J connectivity index is 2.04. The van der Waals surface area contributed by atoms with Crippen molar-refractivity contribution in [1.82, 2.24) is 4.98 Å². The Labute approximate surface area is 156 Å². The minimum absolute atomic E-state index is 0.0918. The second kappa shape index (κ2) is 8.71. The maximum atomic E-state index is 13.0. The molecule has 0 spiro atoms. The minimum atomic E-state index is -4.86. The summed E-state index contributed by atoms with van der Waals surface area (Å²) in [5.74, 6) is -0.921. The first-order chi connectivity index (χ1) is 12.7. The van der Waals surface area contributed by atoms with Gasteiger partial charge in [0.2, 0.25) is 0 Å². The van der Waals surface area contributed by atoms with Crippen molar-refractivity contribution in [3.8, 4) is 11.5 Å². The Morgan fingerprint density at radius 3 is 2.37 bits per heavy atom. The third kappa shape index (κ3) is 5.58. The Hall–Kier alpha value is -2.82. The number of hydrogen-bond acceptors (Lipinski definition) is 7. The second-order valence-corrected chi connectivity index (χ2v) is 5.93. The molecule has 0 saturated carbocycles. The molecule has 0 bridgehead atoms. The molecule has 27 heavy (non-hydrogen) atoms. The Kier molecular flexibility index (Phi) is 6.61. The average Bonchev–Trinajstić information content (AvgIpc) is 3.05. The van der Waals surface area contributed by atoms with Crippen molar-refractivity contribution in [2.45, 2.75) is 13.1 Å². The van der Waals surface area contributed by atoms with Gasteiger partial charge in [0, 0.05) is 0 Å². The highest BCUT2D eigenvalue weighted by molar-refractivity contribution is 7.17. The molecule has 2 aromatic rings. The molecule has 1 N–H and O–H groups in total. The standard InChI is InChI=1S/C16H15F3N2O5S/c1-3-25-14(23)12-13(16(17,18)19)21-15(27-12)20-11(22)8-26-10-6-4-9(24-2)5-7-10/h4-7H,3,8H2,1-2H3,(H,20,21,22). The van der Waals surface area contributed by atoms with Gasteiger partial charge in [-0.1, -0.05) is 11.3 Å². The zero-order valence-corrected chi connectivity index (χ0v) is 15.1. The van der Waals surface area contributed by atoms with Crippen molar-refractivity contribution in [3.05, 3.63) is 34.8 Å². The van der Waals surface area contributed by atoms with E-state index in [9.17, 15) is 22.8 Å². The molecule has 1 heterocycles. The van der Waals surface area contributed by atoms with Crippen molar-refractivity contribution in [1.29, 1.82) is 0 Å². The van der Waals surface area contributed by atoms with Crippen LogP contribution in [-0.2, 0) is 15.7 Å². The minimum Gasteiger partial charge on any atom is -0.497 e. The summed E-state index contributed by atoms with van der Waals surface area (Å²) in [6.45, 7) is 0.915. The molecule has 0 aliphatic carbocycles. The largest absolute Gasteiger partial charge is 0.497 e. The van der Waals surface area contributed by atoms with Crippen LogP contribution in [0.3, 0.4) is 0 Å². The number of esters is 1. The van der Waals surface area contributed by atoms with Gasteiger partial charge in [0.1, 0.15) is 16.4 Å². The molecule has 1 aromatic heterocycles. The molecule has 0 fully saturated rings. The van der Waals surface area contributed by atoms with Crippen molar-refractivity contribution in [2.75, 3.05) is 25.6 Å². The summed E-state index contributed by atoms with van der Waals surface area (Å²) in [6, 6.07) is 6.37. The quantitative estimate of drug-likeness (QED) is 0.712. The molecule has 2 rings (SSSR count). The van der Waals surface area contributed by atoms with Crippen LogP contribution in [0.15, 0.2) is 24.3 Å². The number of methoxy groups -OCH3 is 1. The maximum absolute atomic E-state index is 13.0. The van der Waals surface area contributed by atoms with Gasteiger partial charge in [-0.25, -0.2) is 9.78 Å². The average molecular weight is 404 g/mol. The zero-order chi connectivity index (χ0) is 20.0. The van der Waals surface area contributed by atoms with Crippen molar-refractivity contribution in [3.63, 3.8) is 0 Å². The van der Waals surface area contributed by atoms with Gasteiger partial charge < -0.3 is 14.2 Å². The first kappa shape index (κ1) is 20.5. The topological polar surface area (TPSA) is 86.8 Å². The van der Waals surface area contributed by atoms with Crippen LogP contribution >= 0.6 is 11.3 Å². The van der Waals surface area contributed by atoms with Gasteiger partial charge in [0.25, 0.3) is 5.91 Å². The van der Waals surface area contributed by atoms with Crippen molar-refractivity contribution < 1.29 is 37.0 Å². The van der Waals surface area contributed by atoms with E-state index < -0.39 is 35.2 Å². The van der Waals surface area contributed by atoms with E-state index in [1.54, 1.807) is 24.3 Å². The second-order valence-electron chi connectivity index (χ2n) is 4.93. The predicted octanol–water partition coefficient (Wildman–Crippen LogP) is 3.36. The van der Waals surface area contributed by atoms with Crippen molar-refractivity contribution >= 4 is 28.3 Å². The third-order valence-corrected chi connectivity index (χ3v) is 3.98. The highest BCUT2D eigenvalue weighted by Crippen LogP contribution is 2.36. The number of aromatic nitrogens is 1. The molecule has 0 aliphatic heterocycles. The van der Waals surface area contributed by atoms with Crippen LogP contribution in [0.25, 0.3) is 0 Å². The summed E-state index contributed by atoms with van der Waals surface area (Å²) in [5.41, 5.74) is -1.41. The molecule has 0 unspecified atom stereocenters. The van der Waals surface area contributed by atoms with E-state index in [1.165, 1.54) is 14.0 Å². The summed E-state index contributed by atoms with van der Waals surface area (Å²) >= 11 is 0.380. The molecular weight excluding hydrogens is 389 g/mol. The fraction of sp³-hybridized carbons (Fsp3) is 0.312. The number of amides is 1. The van der Waals surface area contributed by atoms with Crippen LogP contribution in [0.1, 0.15) is 22.3 Å². The first-order valence-electron chi connectivity index (χ1n) is 7.56. The van der Waals surface area contributed by atoms with Crippen LogP contribution in [0, 0.1) is 0 Å². The monoisotopic (exact) mass is 404 g/mol. The summed E-state index contributed by atoms with van der Waals surface area (Å²) in [6.07, 6.45) is -4.86. The van der Waals surface area contributed by atoms with E-state index in [-0.39, 0.29) is 11.7 Å². The number of hydrogen-bond donors (Lipinski definition) is 1. The number of carbonyl (C=O) groups excluding carboxylic acids is 2. The number of alkyl halides is 3.